The number of likely N-dealkylation sites (N-methyl/N-ethyl adjacent to an activating group) is 1. The number of benzene rings is 1. The first kappa shape index (κ1) is 12.9. The molecule has 0 unspecified atom stereocenters. The van der Waals surface area contributed by atoms with Gasteiger partial charge in [0.1, 0.15) is 11.5 Å². The first-order chi connectivity index (χ1) is 7.47. The number of nitro groups is 1. The number of hydrogen-bond acceptors (Lipinski definition) is 4. The van der Waals surface area contributed by atoms with Gasteiger partial charge in [0.15, 0.2) is 0 Å². The smallest absolute Gasteiger partial charge is 0.295 e. The van der Waals surface area contributed by atoms with Crippen LogP contribution in [0.3, 0.4) is 0 Å². The average Bonchev–Trinajstić information content (AvgIpc) is 2.21. The fourth-order valence-electron chi connectivity index (χ4n) is 1.25. The highest BCUT2D eigenvalue weighted by atomic mass is 79.9. The topological polar surface area (TPSA) is 66.6 Å². The fourth-order valence-corrected chi connectivity index (χ4v) is 1.58. The summed E-state index contributed by atoms with van der Waals surface area (Å²) in [7, 11) is 1.59. The fraction of sp³-hybridized carbons (Fsp3) is 0.333. The Bertz CT molecular complexity index is 414. The van der Waals surface area contributed by atoms with Crippen LogP contribution >= 0.6 is 15.9 Å². The molecule has 1 aromatic rings. The number of rotatable bonds is 4. The lowest BCUT2D eigenvalue weighted by molar-refractivity contribution is -0.384. The molecule has 0 spiro atoms. The number of halogens is 2. The average molecular weight is 293 g/mol. The quantitative estimate of drug-likeness (QED) is 0.680. The number of nitrogens with zero attached hydrogens (tertiary/aromatic N) is 2. The van der Waals surface area contributed by atoms with Gasteiger partial charge in [-0.05, 0) is 22.0 Å². The van der Waals surface area contributed by atoms with Gasteiger partial charge in [0.25, 0.3) is 5.69 Å². The molecule has 0 bridgehead atoms. The zero-order valence-electron chi connectivity index (χ0n) is 8.48. The second kappa shape index (κ2) is 5.22. The van der Waals surface area contributed by atoms with E-state index in [1.165, 1.54) is 11.0 Å². The van der Waals surface area contributed by atoms with Crippen LogP contribution in [0.25, 0.3) is 0 Å². The van der Waals surface area contributed by atoms with Crippen LogP contribution in [-0.4, -0.2) is 30.2 Å². The van der Waals surface area contributed by atoms with Crippen molar-refractivity contribution in [2.45, 2.75) is 0 Å². The van der Waals surface area contributed by atoms with Crippen molar-refractivity contribution >= 4 is 27.3 Å². The Balaban J connectivity index is 3.24. The summed E-state index contributed by atoms with van der Waals surface area (Å²) in [6.45, 7) is 0.0988. The third-order valence-electron chi connectivity index (χ3n) is 2.06. The molecule has 88 valence electrons. The van der Waals surface area contributed by atoms with Crippen LogP contribution in [-0.2, 0) is 0 Å². The molecule has 0 aliphatic rings. The maximum Gasteiger partial charge on any atom is 0.295 e. The molecule has 7 heteroatoms. The lowest BCUT2D eigenvalue weighted by Crippen LogP contribution is -2.22. The van der Waals surface area contributed by atoms with E-state index in [2.05, 4.69) is 15.9 Å². The van der Waals surface area contributed by atoms with Crippen LogP contribution < -0.4 is 4.90 Å². The highest BCUT2D eigenvalue weighted by Gasteiger charge is 2.20. The standard InChI is InChI=1S/C9H10BrFN2O3/c1-12(2-3-14)8-4-6(10)7(11)5-9(8)13(15)16/h4-5,14H,2-3H2,1H3. The van der Waals surface area contributed by atoms with E-state index in [0.717, 1.165) is 6.07 Å². The molecule has 0 saturated carbocycles. The van der Waals surface area contributed by atoms with Crippen molar-refractivity contribution < 1.29 is 14.4 Å². The first-order valence-corrected chi connectivity index (χ1v) is 5.22. The summed E-state index contributed by atoms with van der Waals surface area (Å²) in [6, 6.07) is 2.18. The number of anilines is 1. The molecule has 16 heavy (non-hydrogen) atoms. The summed E-state index contributed by atoms with van der Waals surface area (Å²) in [5.41, 5.74) is -0.0658. The minimum atomic E-state index is -0.687. The van der Waals surface area contributed by atoms with E-state index in [-0.39, 0.29) is 29.0 Å². The third-order valence-corrected chi connectivity index (χ3v) is 2.67. The van der Waals surface area contributed by atoms with Crippen molar-refractivity contribution in [1.29, 1.82) is 0 Å². The van der Waals surface area contributed by atoms with Gasteiger partial charge in [0.2, 0.25) is 0 Å². The van der Waals surface area contributed by atoms with Crippen LogP contribution in [0.15, 0.2) is 16.6 Å². The Hall–Kier alpha value is -1.21. The van der Waals surface area contributed by atoms with E-state index in [0.29, 0.717) is 0 Å². The van der Waals surface area contributed by atoms with Crippen molar-refractivity contribution in [2.24, 2.45) is 0 Å². The van der Waals surface area contributed by atoms with E-state index in [1.807, 2.05) is 0 Å². The lowest BCUT2D eigenvalue weighted by Gasteiger charge is -2.18. The normalized spacial score (nSPS) is 10.2. The van der Waals surface area contributed by atoms with Gasteiger partial charge in [-0.15, -0.1) is 0 Å². The number of aliphatic hydroxyl groups excluding tert-OH is 1. The highest BCUT2D eigenvalue weighted by molar-refractivity contribution is 9.10. The zero-order valence-corrected chi connectivity index (χ0v) is 10.1. The molecule has 0 aromatic heterocycles. The largest absolute Gasteiger partial charge is 0.395 e. The minimum absolute atomic E-state index is 0.136. The zero-order chi connectivity index (χ0) is 12.3. The van der Waals surface area contributed by atoms with Gasteiger partial charge in [-0.3, -0.25) is 10.1 Å². The molecule has 0 amide bonds. The van der Waals surface area contributed by atoms with Gasteiger partial charge in [-0.25, -0.2) is 4.39 Å². The van der Waals surface area contributed by atoms with Gasteiger partial charge in [-0.1, -0.05) is 0 Å². The van der Waals surface area contributed by atoms with Crippen LogP contribution in [0.1, 0.15) is 0 Å². The van der Waals surface area contributed by atoms with Gasteiger partial charge >= 0.3 is 0 Å². The molecule has 1 aromatic carbocycles. The molecule has 0 heterocycles. The second-order valence-corrected chi connectivity index (χ2v) is 4.01. The Morgan fingerprint density at radius 3 is 2.75 bits per heavy atom. The van der Waals surface area contributed by atoms with Crippen molar-refractivity contribution in [3.05, 3.63) is 32.5 Å². The Morgan fingerprint density at radius 2 is 2.25 bits per heavy atom. The van der Waals surface area contributed by atoms with Crippen LogP contribution in [0.2, 0.25) is 0 Å². The second-order valence-electron chi connectivity index (χ2n) is 3.16. The molecule has 0 radical (unpaired) electrons. The Kier molecular flexibility index (Phi) is 4.19. The molecular weight excluding hydrogens is 283 g/mol. The van der Waals surface area contributed by atoms with Crippen molar-refractivity contribution in [2.75, 3.05) is 25.1 Å². The lowest BCUT2D eigenvalue weighted by atomic mass is 10.2. The summed E-state index contributed by atoms with van der Waals surface area (Å²) in [4.78, 5) is 11.6. The van der Waals surface area contributed by atoms with E-state index >= 15 is 0 Å². The maximum absolute atomic E-state index is 13.1. The predicted octanol–water partition coefficient (Wildman–Crippen LogP) is 1.92. The summed E-state index contributed by atoms with van der Waals surface area (Å²) in [5, 5.41) is 19.5. The van der Waals surface area contributed by atoms with Gasteiger partial charge in [-0.2, -0.15) is 0 Å². The summed E-state index contributed by atoms with van der Waals surface area (Å²) < 4.78 is 13.3. The number of nitro benzene ring substituents is 1. The predicted molar refractivity (Wildman–Crippen MR) is 61.1 cm³/mol. The molecule has 5 nitrogen and oxygen atoms in total. The van der Waals surface area contributed by atoms with Gasteiger partial charge in [0, 0.05) is 13.6 Å². The molecule has 0 fully saturated rings. The van der Waals surface area contributed by atoms with Crippen molar-refractivity contribution in [1.82, 2.24) is 0 Å². The van der Waals surface area contributed by atoms with Crippen molar-refractivity contribution in [3.63, 3.8) is 0 Å². The minimum Gasteiger partial charge on any atom is -0.395 e. The first-order valence-electron chi connectivity index (χ1n) is 4.42. The SMILES string of the molecule is CN(CCO)c1cc(Br)c(F)cc1[N+](=O)[O-]. The highest BCUT2D eigenvalue weighted by Crippen LogP contribution is 2.32. The van der Waals surface area contributed by atoms with Crippen LogP contribution in [0, 0.1) is 15.9 Å². The summed E-state index contributed by atoms with van der Waals surface area (Å²) >= 11 is 2.96. The summed E-state index contributed by atoms with van der Waals surface area (Å²) in [6.07, 6.45) is 0. The molecule has 0 aliphatic carbocycles. The van der Waals surface area contributed by atoms with Crippen LogP contribution in [0.4, 0.5) is 15.8 Å². The third kappa shape index (κ3) is 2.67. The van der Waals surface area contributed by atoms with Crippen molar-refractivity contribution in [3.8, 4) is 0 Å². The molecular formula is C9H10BrFN2O3. The van der Waals surface area contributed by atoms with Crippen LogP contribution in [0.5, 0.6) is 0 Å². The van der Waals surface area contributed by atoms with Gasteiger partial charge in [0.05, 0.1) is 22.1 Å². The van der Waals surface area contributed by atoms with E-state index in [1.54, 1.807) is 7.05 Å². The molecule has 0 atom stereocenters. The van der Waals surface area contributed by atoms with E-state index in [4.69, 9.17) is 5.11 Å². The monoisotopic (exact) mass is 292 g/mol. The summed E-state index contributed by atoms with van der Waals surface area (Å²) in [5.74, 6) is -0.687. The van der Waals surface area contributed by atoms with Gasteiger partial charge < -0.3 is 10.0 Å². The number of hydrogen-bond donors (Lipinski definition) is 1. The molecule has 0 aliphatic heterocycles. The molecule has 0 saturated heterocycles. The maximum atomic E-state index is 13.1. The molecule has 1 rings (SSSR count). The van der Waals surface area contributed by atoms with E-state index in [9.17, 15) is 14.5 Å². The molecule has 1 N–H and O–H groups in total. The number of aliphatic hydroxyl groups is 1. The van der Waals surface area contributed by atoms with E-state index < -0.39 is 10.7 Å². The Morgan fingerprint density at radius 1 is 1.62 bits per heavy atom. The Labute approximate surface area is 99.8 Å².